The van der Waals surface area contributed by atoms with Crippen molar-refractivity contribution in [1.82, 2.24) is 4.98 Å². The maximum Gasteiger partial charge on any atom is 0.255 e. The smallest absolute Gasteiger partial charge is 0.255 e. The molecule has 0 aliphatic rings. The van der Waals surface area contributed by atoms with Crippen molar-refractivity contribution in [3.63, 3.8) is 0 Å². The van der Waals surface area contributed by atoms with Gasteiger partial charge in [-0.3, -0.25) is 4.79 Å². The molecule has 0 aliphatic heterocycles. The van der Waals surface area contributed by atoms with Crippen molar-refractivity contribution in [2.75, 3.05) is 12.4 Å². The molecule has 128 valence electrons. The Labute approximate surface area is 159 Å². The predicted molar refractivity (Wildman–Crippen MR) is 103 cm³/mol. The van der Waals surface area contributed by atoms with Crippen LogP contribution in [-0.4, -0.2) is 18.0 Å². The van der Waals surface area contributed by atoms with E-state index in [2.05, 4.69) is 10.3 Å². The first-order valence-corrected chi connectivity index (χ1v) is 8.98. The molecule has 0 saturated carbocycles. The number of ether oxygens (including phenoxy) is 1. The highest BCUT2D eigenvalue weighted by Crippen LogP contribution is 2.34. The first kappa shape index (κ1) is 17.7. The zero-order valence-electron chi connectivity index (χ0n) is 13.5. The average molecular weight is 393 g/mol. The summed E-state index contributed by atoms with van der Waals surface area (Å²) in [5.41, 5.74) is 2.95. The Hall–Kier alpha value is -2.08. The number of aromatic nitrogens is 1. The van der Waals surface area contributed by atoms with E-state index in [0.29, 0.717) is 17.0 Å². The number of halogens is 2. The number of hydrogen-bond donors (Lipinski definition) is 1. The monoisotopic (exact) mass is 392 g/mol. The Kier molecular flexibility index (Phi) is 5.27. The van der Waals surface area contributed by atoms with Crippen molar-refractivity contribution in [2.24, 2.45) is 0 Å². The van der Waals surface area contributed by atoms with Crippen LogP contribution in [0.15, 0.2) is 41.8 Å². The molecule has 3 rings (SSSR count). The van der Waals surface area contributed by atoms with E-state index in [-0.39, 0.29) is 16.0 Å². The van der Waals surface area contributed by atoms with Gasteiger partial charge in [0.2, 0.25) is 0 Å². The minimum absolute atomic E-state index is 0.286. The number of anilines is 1. The quantitative estimate of drug-likeness (QED) is 0.620. The van der Waals surface area contributed by atoms with Crippen LogP contribution in [0.3, 0.4) is 0 Å². The Morgan fingerprint density at radius 3 is 2.32 bits per heavy atom. The van der Waals surface area contributed by atoms with Gasteiger partial charge in [-0.1, -0.05) is 35.3 Å². The molecule has 0 bridgehead atoms. The van der Waals surface area contributed by atoms with Crippen molar-refractivity contribution < 1.29 is 9.53 Å². The first-order chi connectivity index (χ1) is 12.0. The first-order valence-electron chi connectivity index (χ1n) is 7.35. The number of aryl methyl sites for hydroxylation is 1. The summed E-state index contributed by atoms with van der Waals surface area (Å²) >= 11 is 13.8. The van der Waals surface area contributed by atoms with Crippen LogP contribution < -0.4 is 10.1 Å². The molecule has 0 radical (unpaired) electrons. The summed E-state index contributed by atoms with van der Waals surface area (Å²) in [5.74, 6) is 0.0477. The lowest BCUT2D eigenvalue weighted by atomic mass is 10.1. The van der Waals surface area contributed by atoms with E-state index in [1.54, 1.807) is 11.3 Å². The zero-order chi connectivity index (χ0) is 18.0. The van der Waals surface area contributed by atoms with Crippen molar-refractivity contribution in [3.8, 4) is 17.0 Å². The fraction of sp³-hybridized carbons (Fsp3) is 0.111. The standard InChI is InChI=1S/C18H14Cl2N2O2S/c1-10-21-16(9-25-10)11-3-5-13(6-4-11)22-18(23)12-7-14(19)17(24-2)15(20)8-12/h3-9H,1-2H3,(H,22,23). The fourth-order valence-electron chi connectivity index (χ4n) is 2.31. The molecule has 0 aliphatic carbocycles. The van der Waals surface area contributed by atoms with Crippen molar-refractivity contribution in [1.29, 1.82) is 0 Å². The average Bonchev–Trinajstić information content (AvgIpc) is 3.01. The molecular formula is C18H14Cl2N2O2S. The third-order valence-electron chi connectivity index (χ3n) is 3.52. The van der Waals surface area contributed by atoms with Crippen molar-refractivity contribution >= 4 is 46.1 Å². The van der Waals surface area contributed by atoms with Crippen LogP contribution >= 0.6 is 34.5 Å². The summed E-state index contributed by atoms with van der Waals surface area (Å²) in [4.78, 5) is 16.8. The number of thiazole rings is 1. The summed E-state index contributed by atoms with van der Waals surface area (Å²) in [7, 11) is 1.47. The lowest BCUT2D eigenvalue weighted by Crippen LogP contribution is -2.12. The van der Waals surface area contributed by atoms with Gasteiger partial charge < -0.3 is 10.1 Å². The van der Waals surface area contributed by atoms with E-state index in [4.69, 9.17) is 27.9 Å². The van der Waals surface area contributed by atoms with Gasteiger partial charge in [0.1, 0.15) is 0 Å². The van der Waals surface area contributed by atoms with E-state index < -0.39 is 0 Å². The second-order valence-electron chi connectivity index (χ2n) is 5.26. The molecule has 1 heterocycles. The molecule has 0 spiro atoms. The SMILES string of the molecule is COc1c(Cl)cc(C(=O)Nc2ccc(-c3csc(C)n3)cc2)cc1Cl. The molecule has 0 atom stereocenters. The summed E-state index contributed by atoms with van der Waals surface area (Å²) in [6.45, 7) is 1.97. The van der Waals surface area contributed by atoms with E-state index in [0.717, 1.165) is 16.3 Å². The number of amides is 1. The second kappa shape index (κ2) is 7.44. The van der Waals surface area contributed by atoms with Crippen molar-refractivity contribution in [2.45, 2.75) is 6.92 Å². The van der Waals surface area contributed by atoms with Gasteiger partial charge in [0.05, 0.1) is 27.9 Å². The molecule has 0 fully saturated rings. The maximum absolute atomic E-state index is 12.4. The summed E-state index contributed by atoms with van der Waals surface area (Å²) in [6.07, 6.45) is 0. The number of hydrogen-bond acceptors (Lipinski definition) is 4. The van der Waals surface area contributed by atoms with Gasteiger partial charge in [-0.15, -0.1) is 11.3 Å². The summed E-state index contributed by atoms with van der Waals surface area (Å²) < 4.78 is 5.09. The molecule has 0 saturated heterocycles. The van der Waals surface area contributed by atoms with Crippen LogP contribution in [0.5, 0.6) is 5.75 Å². The molecule has 1 amide bonds. The molecule has 4 nitrogen and oxygen atoms in total. The minimum Gasteiger partial charge on any atom is -0.494 e. The third-order valence-corrected chi connectivity index (χ3v) is 4.86. The molecule has 3 aromatic rings. The summed E-state index contributed by atoms with van der Waals surface area (Å²) in [6, 6.07) is 10.5. The summed E-state index contributed by atoms with van der Waals surface area (Å²) in [5, 5.41) is 6.41. The largest absolute Gasteiger partial charge is 0.494 e. The highest BCUT2D eigenvalue weighted by atomic mass is 35.5. The second-order valence-corrected chi connectivity index (χ2v) is 7.13. The lowest BCUT2D eigenvalue weighted by Gasteiger charge is -2.10. The van der Waals surface area contributed by atoms with Gasteiger partial charge in [-0.2, -0.15) is 0 Å². The normalized spacial score (nSPS) is 10.6. The number of nitrogens with one attached hydrogen (secondary N) is 1. The van der Waals surface area contributed by atoms with Gasteiger partial charge >= 0.3 is 0 Å². The molecule has 0 unspecified atom stereocenters. The predicted octanol–water partition coefficient (Wildman–Crippen LogP) is 5.69. The van der Waals surface area contributed by atoms with Crippen LogP contribution in [0.2, 0.25) is 10.0 Å². The highest BCUT2D eigenvalue weighted by Gasteiger charge is 2.14. The Morgan fingerprint density at radius 1 is 1.16 bits per heavy atom. The highest BCUT2D eigenvalue weighted by molar-refractivity contribution is 7.09. The van der Waals surface area contributed by atoms with Gasteiger partial charge in [-0.25, -0.2) is 4.98 Å². The fourth-order valence-corrected chi connectivity index (χ4v) is 3.57. The maximum atomic E-state index is 12.4. The molecule has 7 heteroatoms. The van der Waals surface area contributed by atoms with Gasteiger partial charge in [0.25, 0.3) is 5.91 Å². The number of nitrogens with zero attached hydrogens (tertiary/aromatic N) is 1. The van der Waals surface area contributed by atoms with Crippen LogP contribution in [0.25, 0.3) is 11.3 Å². The van der Waals surface area contributed by atoms with Crippen LogP contribution in [-0.2, 0) is 0 Å². The Bertz CT molecular complexity index is 900. The Balaban J connectivity index is 1.77. The number of methoxy groups -OCH3 is 1. The van der Waals surface area contributed by atoms with E-state index in [1.165, 1.54) is 19.2 Å². The van der Waals surface area contributed by atoms with Crippen LogP contribution in [0, 0.1) is 6.92 Å². The third kappa shape index (κ3) is 3.95. The number of carbonyl (C=O) groups is 1. The Morgan fingerprint density at radius 2 is 1.80 bits per heavy atom. The van der Waals surface area contributed by atoms with Gasteiger partial charge in [0, 0.05) is 22.2 Å². The molecule has 2 aromatic carbocycles. The number of carbonyl (C=O) groups excluding carboxylic acids is 1. The zero-order valence-corrected chi connectivity index (χ0v) is 15.8. The minimum atomic E-state index is -0.302. The van der Waals surface area contributed by atoms with E-state index in [1.807, 2.05) is 36.6 Å². The van der Waals surface area contributed by atoms with Crippen LogP contribution in [0.1, 0.15) is 15.4 Å². The topological polar surface area (TPSA) is 51.2 Å². The lowest BCUT2D eigenvalue weighted by molar-refractivity contribution is 0.102. The molecule has 25 heavy (non-hydrogen) atoms. The number of rotatable bonds is 4. The van der Waals surface area contributed by atoms with E-state index >= 15 is 0 Å². The van der Waals surface area contributed by atoms with Gasteiger partial charge in [0.15, 0.2) is 5.75 Å². The van der Waals surface area contributed by atoms with Crippen molar-refractivity contribution in [3.05, 3.63) is 62.4 Å². The molecule has 1 N–H and O–H groups in total. The van der Waals surface area contributed by atoms with E-state index in [9.17, 15) is 4.79 Å². The number of benzene rings is 2. The van der Waals surface area contributed by atoms with Crippen LogP contribution in [0.4, 0.5) is 5.69 Å². The van der Waals surface area contributed by atoms with Gasteiger partial charge in [-0.05, 0) is 31.2 Å². The molecule has 1 aromatic heterocycles. The molecular weight excluding hydrogens is 379 g/mol.